The number of hydrogen-bond donors (Lipinski definition) is 4. The normalized spacial score (nSPS) is 10.6. The Labute approximate surface area is 213 Å². The first-order chi connectivity index (χ1) is 17.0. The molecule has 0 bridgehead atoms. The molecular weight excluding hydrogens is 466 g/mol. The van der Waals surface area contributed by atoms with E-state index >= 15 is 0 Å². The largest absolute Gasteiger partial charge is 0.508 e. The molecule has 0 saturated heterocycles. The van der Waals surface area contributed by atoms with E-state index in [0.717, 1.165) is 12.8 Å². The van der Waals surface area contributed by atoms with Gasteiger partial charge in [0, 0.05) is 23.3 Å². The van der Waals surface area contributed by atoms with Crippen molar-refractivity contribution in [2.24, 2.45) is 0 Å². The van der Waals surface area contributed by atoms with E-state index in [1.54, 1.807) is 24.3 Å². The zero-order valence-electron chi connectivity index (χ0n) is 20.6. The summed E-state index contributed by atoms with van der Waals surface area (Å²) in [5, 5.41) is 18.8. The van der Waals surface area contributed by atoms with Crippen LogP contribution in [0.5, 0.6) is 11.5 Å². The summed E-state index contributed by atoms with van der Waals surface area (Å²) in [5.41, 5.74) is 0.865. The number of aromatic hydroxyl groups is 1. The van der Waals surface area contributed by atoms with Gasteiger partial charge in [-0.05, 0) is 42.8 Å². The van der Waals surface area contributed by atoms with Crippen LogP contribution in [0.15, 0.2) is 42.5 Å². The highest BCUT2D eigenvalue weighted by atomic mass is 35.5. The zero-order chi connectivity index (χ0) is 25.3. The van der Waals surface area contributed by atoms with Crippen LogP contribution in [0, 0.1) is 0 Å². The predicted octanol–water partition coefficient (Wildman–Crippen LogP) is 7.11. The molecule has 0 aliphatic heterocycles. The van der Waals surface area contributed by atoms with Crippen molar-refractivity contribution < 1.29 is 19.4 Å². The number of amides is 2. The molecule has 0 spiro atoms. The van der Waals surface area contributed by atoms with Crippen LogP contribution in [-0.2, 0) is 4.79 Å². The highest BCUT2D eigenvalue weighted by molar-refractivity contribution is 6.30. The molecule has 0 unspecified atom stereocenters. The van der Waals surface area contributed by atoms with Crippen LogP contribution in [0.3, 0.4) is 0 Å². The molecule has 0 fully saturated rings. The molecule has 0 aliphatic carbocycles. The second kappa shape index (κ2) is 16.7. The van der Waals surface area contributed by atoms with Gasteiger partial charge in [0.1, 0.15) is 5.75 Å². The third-order valence-corrected chi connectivity index (χ3v) is 5.80. The number of unbranched alkanes of at least 4 members (excludes halogenated alkanes) is 9. The number of rotatable bonds is 16. The van der Waals surface area contributed by atoms with E-state index in [-0.39, 0.29) is 24.0 Å². The average Bonchev–Trinajstić information content (AvgIpc) is 2.84. The first kappa shape index (κ1) is 28.3. The minimum absolute atomic E-state index is 0.00359. The summed E-state index contributed by atoms with van der Waals surface area (Å²) in [4.78, 5) is 24.4. The Balaban J connectivity index is 1.66. The van der Waals surface area contributed by atoms with Crippen molar-refractivity contribution in [2.75, 3.05) is 23.7 Å². The molecule has 7 nitrogen and oxygen atoms in total. The van der Waals surface area contributed by atoms with Crippen molar-refractivity contribution in [3.63, 3.8) is 0 Å². The number of benzene rings is 2. The SMILES string of the molecule is CCCCCCCCCCCCNC(=O)CNc1cc(O)ccc1OC(=O)Nc1ccc(Cl)cc1. The lowest BCUT2D eigenvalue weighted by Crippen LogP contribution is -2.30. The molecule has 2 rings (SSSR count). The first-order valence-electron chi connectivity index (χ1n) is 12.6. The van der Waals surface area contributed by atoms with E-state index < -0.39 is 6.09 Å². The molecule has 35 heavy (non-hydrogen) atoms. The Morgan fingerprint density at radius 2 is 1.51 bits per heavy atom. The summed E-state index contributed by atoms with van der Waals surface area (Å²) in [6, 6.07) is 10.9. The van der Waals surface area contributed by atoms with Gasteiger partial charge in [0.2, 0.25) is 5.91 Å². The molecule has 0 radical (unpaired) electrons. The molecule has 0 aromatic heterocycles. The van der Waals surface area contributed by atoms with Gasteiger partial charge in [-0.25, -0.2) is 4.79 Å². The van der Waals surface area contributed by atoms with E-state index in [9.17, 15) is 14.7 Å². The lowest BCUT2D eigenvalue weighted by Gasteiger charge is -2.13. The van der Waals surface area contributed by atoms with Crippen molar-refractivity contribution in [1.29, 1.82) is 0 Å². The number of phenols is 1. The number of ether oxygens (including phenoxy) is 1. The number of hydrogen-bond acceptors (Lipinski definition) is 5. The summed E-state index contributed by atoms with van der Waals surface area (Å²) < 4.78 is 5.35. The maximum absolute atomic E-state index is 12.2. The van der Waals surface area contributed by atoms with E-state index in [1.165, 1.54) is 69.6 Å². The van der Waals surface area contributed by atoms with Gasteiger partial charge in [-0.15, -0.1) is 0 Å². The van der Waals surface area contributed by atoms with Gasteiger partial charge in [-0.3, -0.25) is 10.1 Å². The van der Waals surface area contributed by atoms with E-state index in [2.05, 4.69) is 22.9 Å². The van der Waals surface area contributed by atoms with Gasteiger partial charge in [-0.2, -0.15) is 0 Å². The zero-order valence-corrected chi connectivity index (χ0v) is 21.3. The van der Waals surface area contributed by atoms with Crippen molar-refractivity contribution in [2.45, 2.75) is 71.1 Å². The van der Waals surface area contributed by atoms with Gasteiger partial charge in [0.05, 0.1) is 12.2 Å². The molecule has 2 aromatic rings. The Bertz CT molecular complexity index is 906. The van der Waals surface area contributed by atoms with E-state index in [1.807, 2.05) is 0 Å². The van der Waals surface area contributed by atoms with E-state index in [4.69, 9.17) is 16.3 Å². The molecule has 2 amide bonds. The molecule has 192 valence electrons. The van der Waals surface area contributed by atoms with Crippen molar-refractivity contribution in [1.82, 2.24) is 5.32 Å². The van der Waals surface area contributed by atoms with Crippen LogP contribution >= 0.6 is 11.6 Å². The van der Waals surface area contributed by atoms with Crippen LogP contribution in [-0.4, -0.2) is 30.2 Å². The van der Waals surface area contributed by atoms with Crippen LogP contribution in [0.25, 0.3) is 0 Å². The van der Waals surface area contributed by atoms with Crippen molar-refractivity contribution in [3.8, 4) is 11.5 Å². The Hall–Kier alpha value is -2.93. The van der Waals surface area contributed by atoms with Crippen LogP contribution in [0.4, 0.5) is 16.2 Å². The molecule has 0 aliphatic rings. The lowest BCUT2D eigenvalue weighted by atomic mass is 10.1. The number of carbonyl (C=O) groups is 2. The molecule has 0 saturated carbocycles. The number of carbonyl (C=O) groups excluding carboxylic acids is 2. The first-order valence-corrected chi connectivity index (χ1v) is 12.9. The Kier molecular flexibility index (Phi) is 13.5. The van der Waals surface area contributed by atoms with Gasteiger partial charge in [-0.1, -0.05) is 76.3 Å². The standard InChI is InChI=1S/C27H38ClN3O4/c1-2-3-4-5-6-7-8-9-10-11-18-29-26(33)20-30-24-19-23(32)16-17-25(24)35-27(34)31-22-14-12-21(28)13-15-22/h12-17,19,30,32H,2-11,18,20H2,1H3,(H,29,33)(H,31,34). The van der Waals surface area contributed by atoms with Crippen molar-refractivity contribution in [3.05, 3.63) is 47.5 Å². The van der Waals surface area contributed by atoms with E-state index in [0.29, 0.717) is 22.9 Å². The maximum Gasteiger partial charge on any atom is 0.417 e. The summed E-state index contributed by atoms with van der Waals surface area (Å²) >= 11 is 5.85. The average molecular weight is 504 g/mol. The van der Waals surface area contributed by atoms with Gasteiger partial charge in [0.25, 0.3) is 0 Å². The van der Waals surface area contributed by atoms with Gasteiger partial charge >= 0.3 is 6.09 Å². The summed E-state index contributed by atoms with van der Waals surface area (Å²) in [6.07, 6.45) is 11.8. The highest BCUT2D eigenvalue weighted by Gasteiger charge is 2.12. The van der Waals surface area contributed by atoms with Crippen LogP contribution in [0.2, 0.25) is 5.02 Å². The predicted molar refractivity (Wildman–Crippen MR) is 143 cm³/mol. The monoisotopic (exact) mass is 503 g/mol. The Morgan fingerprint density at radius 3 is 2.17 bits per heavy atom. The minimum Gasteiger partial charge on any atom is -0.508 e. The molecule has 0 heterocycles. The van der Waals surface area contributed by atoms with Crippen LogP contribution < -0.4 is 20.7 Å². The Morgan fingerprint density at radius 1 is 0.886 bits per heavy atom. The summed E-state index contributed by atoms with van der Waals surface area (Å²) in [6.45, 7) is 2.86. The minimum atomic E-state index is -0.702. The second-order valence-corrected chi connectivity index (χ2v) is 9.02. The topological polar surface area (TPSA) is 99.7 Å². The fraction of sp³-hybridized carbons (Fsp3) is 0.481. The summed E-state index contributed by atoms with van der Waals surface area (Å²) in [7, 11) is 0. The third-order valence-electron chi connectivity index (χ3n) is 5.55. The second-order valence-electron chi connectivity index (χ2n) is 8.59. The van der Waals surface area contributed by atoms with Gasteiger partial charge in [0.15, 0.2) is 5.75 Å². The molecule has 8 heteroatoms. The number of anilines is 2. The molecule has 0 atom stereocenters. The fourth-order valence-corrected chi connectivity index (χ4v) is 3.73. The van der Waals surface area contributed by atoms with Crippen molar-refractivity contribution >= 4 is 35.0 Å². The maximum atomic E-state index is 12.2. The smallest absolute Gasteiger partial charge is 0.417 e. The fourth-order valence-electron chi connectivity index (χ4n) is 3.60. The molecule has 2 aromatic carbocycles. The van der Waals surface area contributed by atoms with Gasteiger partial charge < -0.3 is 20.5 Å². The number of halogens is 1. The number of phenolic OH excluding ortho intramolecular Hbond substituents is 1. The molecule has 4 N–H and O–H groups in total. The molecular formula is C27H38ClN3O4. The number of nitrogens with one attached hydrogen (secondary N) is 3. The summed E-state index contributed by atoms with van der Waals surface area (Å²) in [5.74, 6) is 0.0151. The van der Waals surface area contributed by atoms with Crippen LogP contribution in [0.1, 0.15) is 71.1 Å². The quantitative estimate of drug-likeness (QED) is 0.183. The lowest BCUT2D eigenvalue weighted by molar-refractivity contribution is -0.119. The highest BCUT2D eigenvalue weighted by Crippen LogP contribution is 2.29. The third kappa shape index (κ3) is 12.4.